The summed E-state index contributed by atoms with van der Waals surface area (Å²) in [7, 11) is 0. The molecule has 2 aromatic rings. The third kappa shape index (κ3) is 2.15. The zero-order chi connectivity index (χ0) is 12.5. The van der Waals surface area contributed by atoms with Gasteiger partial charge in [0.2, 0.25) is 5.91 Å². The molecule has 1 N–H and O–H groups in total. The molecule has 92 valence electrons. The van der Waals surface area contributed by atoms with Crippen molar-refractivity contribution in [3.63, 3.8) is 0 Å². The Labute approximate surface area is 118 Å². The van der Waals surface area contributed by atoms with Crippen LogP contribution < -0.4 is 10.2 Å². The van der Waals surface area contributed by atoms with E-state index in [1.807, 2.05) is 41.3 Å². The topological polar surface area (TPSA) is 32.3 Å². The Kier molecular flexibility index (Phi) is 3.09. The fourth-order valence-electron chi connectivity index (χ4n) is 2.03. The normalized spacial score (nSPS) is 14.3. The van der Waals surface area contributed by atoms with Crippen LogP contribution in [0.25, 0.3) is 0 Å². The molecule has 0 aliphatic carbocycles. The molecule has 1 aromatic heterocycles. The van der Waals surface area contributed by atoms with Crippen LogP contribution in [-0.4, -0.2) is 12.5 Å². The second kappa shape index (κ2) is 4.74. The standard InChI is InChI=1S/C13H11BrN2OS/c14-12-6-5-9(18-12)8-16-11-4-2-1-3-10(11)15-7-13(16)17/h1-6,15H,7-8H2. The number of hydrogen-bond acceptors (Lipinski definition) is 3. The molecule has 0 fully saturated rings. The Hall–Kier alpha value is -1.33. The highest BCUT2D eigenvalue weighted by atomic mass is 79.9. The highest BCUT2D eigenvalue weighted by Crippen LogP contribution is 2.32. The highest BCUT2D eigenvalue weighted by Gasteiger charge is 2.23. The Morgan fingerprint density at radius 1 is 1.28 bits per heavy atom. The van der Waals surface area contributed by atoms with Gasteiger partial charge in [0.15, 0.2) is 0 Å². The van der Waals surface area contributed by atoms with Gasteiger partial charge in [-0.25, -0.2) is 0 Å². The zero-order valence-electron chi connectivity index (χ0n) is 9.52. The summed E-state index contributed by atoms with van der Waals surface area (Å²) in [6.07, 6.45) is 0. The van der Waals surface area contributed by atoms with Crippen molar-refractivity contribution in [2.45, 2.75) is 6.54 Å². The van der Waals surface area contributed by atoms with Gasteiger partial charge in [0, 0.05) is 4.88 Å². The van der Waals surface area contributed by atoms with Gasteiger partial charge >= 0.3 is 0 Å². The maximum atomic E-state index is 12.0. The average molecular weight is 323 g/mol. The van der Waals surface area contributed by atoms with E-state index in [1.54, 1.807) is 11.3 Å². The third-order valence-electron chi connectivity index (χ3n) is 2.87. The summed E-state index contributed by atoms with van der Waals surface area (Å²) in [4.78, 5) is 15.0. The lowest BCUT2D eigenvalue weighted by Gasteiger charge is -2.29. The Bertz CT molecular complexity index is 596. The van der Waals surface area contributed by atoms with E-state index in [2.05, 4.69) is 21.2 Å². The lowest BCUT2D eigenvalue weighted by atomic mass is 10.2. The van der Waals surface area contributed by atoms with E-state index >= 15 is 0 Å². The maximum absolute atomic E-state index is 12.0. The Morgan fingerprint density at radius 2 is 2.11 bits per heavy atom. The molecular weight excluding hydrogens is 312 g/mol. The SMILES string of the molecule is O=C1CNc2ccccc2N1Cc1ccc(Br)s1. The number of carbonyl (C=O) groups is 1. The van der Waals surface area contributed by atoms with Crippen molar-refractivity contribution in [2.75, 3.05) is 16.8 Å². The number of hydrogen-bond donors (Lipinski definition) is 1. The summed E-state index contributed by atoms with van der Waals surface area (Å²) in [5.74, 6) is 0.109. The average Bonchev–Trinajstić information content (AvgIpc) is 2.79. The summed E-state index contributed by atoms with van der Waals surface area (Å²) in [5.41, 5.74) is 1.98. The fraction of sp³-hybridized carbons (Fsp3) is 0.154. The number of rotatable bonds is 2. The van der Waals surface area contributed by atoms with Crippen molar-refractivity contribution in [3.8, 4) is 0 Å². The van der Waals surface area contributed by atoms with Crippen LogP contribution in [0.4, 0.5) is 11.4 Å². The number of carbonyl (C=O) groups excluding carboxylic acids is 1. The fourth-order valence-corrected chi connectivity index (χ4v) is 3.50. The molecule has 0 saturated carbocycles. The van der Waals surface area contributed by atoms with Gasteiger partial charge in [0.05, 0.1) is 28.3 Å². The van der Waals surface area contributed by atoms with Gasteiger partial charge in [0.1, 0.15) is 0 Å². The molecular formula is C13H11BrN2OS. The summed E-state index contributed by atoms with van der Waals surface area (Å²) in [5, 5.41) is 3.14. The van der Waals surface area contributed by atoms with E-state index in [4.69, 9.17) is 0 Å². The van der Waals surface area contributed by atoms with Crippen LogP contribution in [-0.2, 0) is 11.3 Å². The highest BCUT2D eigenvalue weighted by molar-refractivity contribution is 9.11. The van der Waals surface area contributed by atoms with E-state index < -0.39 is 0 Å². The molecule has 0 atom stereocenters. The molecule has 3 nitrogen and oxygen atoms in total. The number of amides is 1. The van der Waals surface area contributed by atoms with Crippen LogP contribution in [0.1, 0.15) is 4.88 Å². The minimum atomic E-state index is 0.109. The number of benzene rings is 1. The van der Waals surface area contributed by atoms with Crippen LogP contribution in [0, 0.1) is 0 Å². The molecule has 0 spiro atoms. The minimum absolute atomic E-state index is 0.109. The van der Waals surface area contributed by atoms with Gasteiger partial charge in [0.25, 0.3) is 0 Å². The van der Waals surface area contributed by atoms with Crippen molar-refractivity contribution >= 4 is 44.5 Å². The van der Waals surface area contributed by atoms with Gasteiger partial charge in [-0.3, -0.25) is 4.79 Å². The van der Waals surface area contributed by atoms with Crippen LogP contribution >= 0.6 is 27.3 Å². The van der Waals surface area contributed by atoms with E-state index in [1.165, 1.54) is 4.88 Å². The number of para-hydroxylation sites is 2. The molecule has 0 bridgehead atoms. The van der Waals surface area contributed by atoms with Crippen molar-refractivity contribution in [1.29, 1.82) is 0 Å². The third-order valence-corrected chi connectivity index (χ3v) is 4.48. The number of nitrogens with zero attached hydrogens (tertiary/aromatic N) is 1. The molecule has 1 amide bonds. The van der Waals surface area contributed by atoms with Crippen LogP contribution in [0.2, 0.25) is 0 Å². The van der Waals surface area contributed by atoms with E-state index in [-0.39, 0.29) is 5.91 Å². The molecule has 1 aliphatic rings. The van der Waals surface area contributed by atoms with Gasteiger partial charge < -0.3 is 10.2 Å². The van der Waals surface area contributed by atoms with E-state index in [0.717, 1.165) is 15.2 Å². The van der Waals surface area contributed by atoms with Crippen molar-refractivity contribution in [2.24, 2.45) is 0 Å². The van der Waals surface area contributed by atoms with Crippen LogP contribution in [0.5, 0.6) is 0 Å². The lowest BCUT2D eigenvalue weighted by Crippen LogP contribution is -2.39. The Balaban J connectivity index is 1.93. The molecule has 1 aliphatic heterocycles. The molecule has 3 rings (SSSR count). The monoisotopic (exact) mass is 322 g/mol. The predicted octanol–water partition coefficient (Wildman–Crippen LogP) is 3.47. The summed E-state index contributed by atoms with van der Waals surface area (Å²) in [6, 6.07) is 12.0. The first-order valence-corrected chi connectivity index (χ1v) is 7.22. The lowest BCUT2D eigenvalue weighted by molar-refractivity contribution is -0.117. The second-order valence-corrected chi connectivity index (χ2v) is 6.60. The zero-order valence-corrected chi connectivity index (χ0v) is 11.9. The van der Waals surface area contributed by atoms with Crippen molar-refractivity contribution < 1.29 is 4.79 Å². The Morgan fingerprint density at radius 3 is 2.89 bits per heavy atom. The van der Waals surface area contributed by atoms with Crippen molar-refractivity contribution in [1.82, 2.24) is 0 Å². The van der Waals surface area contributed by atoms with Crippen LogP contribution in [0.15, 0.2) is 40.2 Å². The first-order valence-electron chi connectivity index (χ1n) is 5.61. The van der Waals surface area contributed by atoms with Crippen LogP contribution in [0.3, 0.4) is 0 Å². The van der Waals surface area contributed by atoms with Gasteiger partial charge in [-0.05, 0) is 40.2 Å². The maximum Gasteiger partial charge on any atom is 0.246 e. The summed E-state index contributed by atoms with van der Waals surface area (Å²) >= 11 is 5.11. The van der Waals surface area contributed by atoms with E-state index in [0.29, 0.717) is 13.1 Å². The van der Waals surface area contributed by atoms with E-state index in [9.17, 15) is 4.79 Å². The summed E-state index contributed by atoms with van der Waals surface area (Å²) < 4.78 is 1.09. The van der Waals surface area contributed by atoms with Crippen molar-refractivity contribution in [3.05, 3.63) is 45.1 Å². The van der Waals surface area contributed by atoms with Gasteiger partial charge in [-0.2, -0.15) is 0 Å². The largest absolute Gasteiger partial charge is 0.374 e. The number of thiophene rings is 1. The molecule has 5 heteroatoms. The first-order chi connectivity index (χ1) is 8.74. The summed E-state index contributed by atoms with van der Waals surface area (Å²) in [6.45, 7) is 0.997. The van der Waals surface area contributed by atoms with Gasteiger partial charge in [-0.15, -0.1) is 11.3 Å². The molecule has 18 heavy (non-hydrogen) atoms. The molecule has 1 aromatic carbocycles. The smallest absolute Gasteiger partial charge is 0.246 e. The quantitative estimate of drug-likeness (QED) is 0.918. The number of fused-ring (bicyclic) bond motifs is 1. The van der Waals surface area contributed by atoms with Gasteiger partial charge in [-0.1, -0.05) is 12.1 Å². The molecule has 0 unspecified atom stereocenters. The predicted molar refractivity (Wildman–Crippen MR) is 78.1 cm³/mol. The molecule has 2 heterocycles. The minimum Gasteiger partial charge on any atom is -0.374 e. The first kappa shape index (κ1) is 11.7. The number of nitrogens with one attached hydrogen (secondary N) is 1. The molecule has 0 saturated heterocycles. The second-order valence-electron chi connectivity index (χ2n) is 4.06. The molecule has 0 radical (unpaired) electrons. The number of halogens is 1. The number of anilines is 2.